The summed E-state index contributed by atoms with van der Waals surface area (Å²) in [5.74, 6) is -0.0949. The summed E-state index contributed by atoms with van der Waals surface area (Å²) in [6.07, 6.45) is 0. The Hall–Kier alpha value is -1.71. The van der Waals surface area contributed by atoms with Gasteiger partial charge < -0.3 is 10.6 Å². The first-order chi connectivity index (χ1) is 10.0. The minimum atomic E-state index is -0.0949. The number of hydrogen-bond donors (Lipinski definition) is 2. The lowest BCUT2D eigenvalue weighted by atomic mass is 10.1. The zero-order valence-electron chi connectivity index (χ0n) is 11.8. The van der Waals surface area contributed by atoms with Crippen LogP contribution in [0.25, 0.3) is 0 Å². The molecule has 5 heteroatoms. The summed E-state index contributed by atoms with van der Waals surface area (Å²) in [5, 5.41) is 7.24. The molecule has 0 bridgehead atoms. The number of halogens is 2. The minimum Gasteiger partial charge on any atom is -0.381 e. The van der Waals surface area contributed by atoms with Crippen LogP contribution in [0.1, 0.15) is 21.5 Å². The fourth-order valence-corrected chi connectivity index (χ4v) is 2.40. The highest BCUT2D eigenvalue weighted by Crippen LogP contribution is 2.23. The molecular weight excluding hydrogens is 307 g/mol. The van der Waals surface area contributed by atoms with Crippen LogP contribution in [0.4, 0.5) is 5.69 Å². The van der Waals surface area contributed by atoms with Crippen molar-refractivity contribution in [2.24, 2.45) is 0 Å². The summed E-state index contributed by atoms with van der Waals surface area (Å²) >= 11 is 12.1. The second kappa shape index (κ2) is 6.83. The van der Waals surface area contributed by atoms with Crippen LogP contribution in [-0.2, 0) is 6.54 Å². The standard InChI is InChI=1S/C16H16Cl2N2O/c1-10-7-11(16(21)19-2)3-6-15(10)20-9-12-8-13(17)4-5-14(12)18/h3-8,20H,9H2,1-2H3,(H,19,21). The third kappa shape index (κ3) is 3.90. The second-order valence-electron chi connectivity index (χ2n) is 4.70. The Kier molecular flexibility index (Phi) is 5.10. The third-order valence-electron chi connectivity index (χ3n) is 3.19. The molecule has 0 aliphatic carbocycles. The van der Waals surface area contributed by atoms with Crippen molar-refractivity contribution < 1.29 is 4.79 Å². The first-order valence-corrected chi connectivity index (χ1v) is 7.27. The first kappa shape index (κ1) is 15.7. The smallest absolute Gasteiger partial charge is 0.251 e. The van der Waals surface area contributed by atoms with Crippen LogP contribution in [-0.4, -0.2) is 13.0 Å². The van der Waals surface area contributed by atoms with E-state index in [2.05, 4.69) is 10.6 Å². The van der Waals surface area contributed by atoms with Crippen LogP contribution in [0.2, 0.25) is 10.0 Å². The molecule has 0 spiro atoms. The van der Waals surface area contributed by atoms with Crippen molar-refractivity contribution in [3.05, 3.63) is 63.1 Å². The van der Waals surface area contributed by atoms with Crippen LogP contribution in [0.5, 0.6) is 0 Å². The minimum absolute atomic E-state index is 0.0949. The molecule has 0 heterocycles. The molecule has 2 aromatic carbocycles. The zero-order valence-corrected chi connectivity index (χ0v) is 13.3. The molecule has 0 atom stereocenters. The molecular formula is C16H16Cl2N2O. The summed E-state index contributed by atoms with van der Waals surface area (Å²) in [7, 11) is 1.62. The lowest BCUT2D eigenvalue weighted by molar-refractivity contribution is 0.0963. The molecule has 2 rings (SSSR count). The van der Waals surface area contributed by atoms with Crippen LogP contribution >= 0.6 is 23.2 Å². The van der Waals surface area contributed by atoms with E-state index in [0.717, 1.165) is 16.8 Å². The number of nitrogens with one attached hydrogen (secondary N) is 2. The van der Waals surface area contributed by atoms with E-state index in [9.17, 15) is 4.79 Å². The van der Waals surface area contributed by atoms with Gasteiger partial charge in [0.2, 0.25) is 0 Å². The molecule has 1 amide bonds. The molecule has 0 radical (unpaired) electrons. The number of benzene rings is 2. The lowest BCUT2D eigenvalue weighted by Crippen LogP contribution is -2.17. The van der Waals surface area contributed by atoms with Gasteiger partial charge in [0.15, 0.2) is 0 Å². The molecule has 0 aliphatic rings. The van der Waals surface area contributed by atoms with E-state index in [0.29, 0.717) is 22.2 Å². The summed E-state index contributed by atoms with van der Waals surface area (Å²) in [6.45, 7) is 2.52. The predicted molar refractivity (Wildman–Crippen MR) is 88.4 cm³/mol. The molecule has 0 fully saturated rings. The van der Waals surface area contributed by atoms with E-state index >= 15 is 0 Å². The molecule has 0 saturated carbocycles. The second-order valence-corrected chi connectivity index (χ2v) is 5.54. The van der Waals surface area contributed by atoms with E-state index in [-0.39, 0.29) is 5.91 Å². The van der Waals surface area contributed by atoms with Gasteiger partial charge in [-0.1, -0.05) is 23.2 Å². The van der Waals surface area contributed by atoms with E-state index in [4.69, 9.17) is 23.2 Å². The molecule has 2 aromatic rings. The van der Waals surface area contributed by atoms with Crippen LogP contribution in [0.15, 0.2) is 36.4 Å². The number of carbonyl (C=O) groups is 1. The highest BCUT2D eigenvalue weighted by Gasteiger charge is 2.07. The summed E-state index contributed by atoms with van der Waals surface area (Å²) in [4.78, 5) is 11.6. The number of amides is 1. The molecule has 0 saturated heterocycles. The van der Waals surface area contributed by atoms with Crippen molar-refractivity contribution >= 4 is 34.8 Å². The molecule has 3 nitrogen and oxygen atoms in total. The molecule has 110 valence electrons. The maximum Gasteiger partial charge on any atom is 0.251 e. The van der Waals surface area contributed by atoms with Crippen LogP contribution < -0.4 is 10.6 Å². The fourth-order valence-electron chi connectivity index (χ4n) is 2.02. The number of anilines is 1. The average Bonchev–Trinajstić information content (AvgIpc) is 2.48. The average molecular weight is 323 g/mol. The monoisotopic (exact) mass is 322 g/mol. The Morgan fingerprint density at radius 2 is 1.90 bits per heavy atom. The van der Waals surface area contributed by atoms with Gasteiger partial charge in [-0.3, -0.25) is 4.79 Å². The largest absolute Gasteiger partial charge is 0.381 e. The SMILES string of the molecule is CNC(=O)c1ccc(NCc2cc(Cl)ccc2Cl)c(C)c1. The van der Waals surface area contributed by atoms with Gasteiger partial charge in [0, 0.05) is 34.9 Å². The van der Waals surface area contributed by atoms with Crippen molar-refractivity contribution in [2.45, 2.75) is 13.5 Å². The Morgan fingerprint density at radius 3 is 2.57 bits per heavy atom. The van der Waals surface area contributed by atoms with Crippen molar-refractivity contribution in [3.8, 4) is 0 Å². The highest BCUT2D eigenvalue weighted by molar-refractivity contribution is 6.33. The number of carbonyl (C=O) groups excluding carboxylic acids is 1. The number of hydrogen-bond acceptors (Lipinski definition) is 2. The van der Waals surface area contributed by atoms with Crippen LogP contribution in [0.3, 0.4) is 0 Å². The van der Waals surface area contributed by atoms with Gasteiger partial charge in [0.05, 0.1) is 0 Å². The van der Waals surface area contributed by atoms with Crippen molar-refractivity contribution in [3.63, 3.8) is 0 Å². The van der Waals surface area contributed by atoms with Crippen LogP contribution in [0, 0.1) is 6.92 Å². The maximum atomic E-state index is 11.6. The zero-order chi connectivity index (χ0) is 15.4. The Morgan fingerprint density at radius 1 is 1.14 bits per heavy atom. The van der Waals surface area contributed by atoms with Gasteiger partial charge in [0.1, 0.15) is 0 Å². The molecule has 0 aromatic heterocycles. The summed E-state index contributed by atoms with van der Waals surface area (Å²) in [5.41, 5.74) is 3.52. The topological polar surface area (TPSA) is 41.1 Å². The molecule has 21 heavy (non-hydrogen) atoms. The van der Waals surface area contributed by atoms with Crippen molar-refractivity contribution in [2.75, 3.05) is 12.4 Å². The van der Waals surface area contributed by atoms with Gasteiger partial charge in [0.25, 0.3) is 5.91 Å². The van der Waals surface area contributed by atoms with E-state index in [1.807, 2.05) is 25.1 Å². The summed E-state index contributed by atoms with van der Waals surface area (Å²) in [6, 6.07) is 10.9. The lowest BCUT2D eigenvalue weighted by Gasteiger charge is -2.12. The van der Waals surface area contributed by atoms with Gasteiger partial charge in [-0.25, -0.2) is 0 Å². The van der Waals surface area contributed by atoms with Crippen molar-refractivity contribution in [1.29, 1.82) is 0 Å². The quantitative estimate of drug-likeness (QED) is 0.882. The normalized spacial score (nSPS) is 10.3. The number of rotatable bonds is 4. The molecule has 0 unspecified atom stereocenters. The number of aryl methyl sites for hydroxylation is 1. The van der Waals surface area contributed by atoms with Gasteiger partial charge in [-0.2, -0.15) is 0 Å². The van der Waals surface area contributed by atoms with Crippen molar-refractivity contribution in [1.82, 2.24) is 5.32 Å². The Balaban J connectivity index is 2.13. The fraction of sp³-hybridized carbons (Fsp3) is 0.188. The van der Waals surface area contributed by atoms with E-state index in [1.54, 1.807) is 25.2 Å². The highest BCUT2D eigenvalue weighted by atomic mass is 35.5. The predicted octanol–water partition coefficient (Wildman–Crippen LogP) is 4.27. The van der Waals surface area contributed by atoms with Gasteiger partial charge >= 0.3 is 0 Å². The molecule has 2 N–H and O–H groups in total. The van der Waals surface area contributed by atoms with E-state index < -0.39 is 0 Å². The molecule has 0 aliphatic heterocycles. The van der Waals surface area contributed by atoms with Gasteiger partial charge in [-0.15, -0.1) is 0 Å². The van der Waals surface area contributed by atoms with E-state index in [1.165, 1.54) is 0 Å². The maximum absolute atomic E-state index is 11.6. The van der Waals surface area contributed by atoms with Gasteiger partial charge in [-0.05, 0) is 54.4 Å². The first-order valence-electron chi connectivity index (χ1n) is 6.52. The Labute approximate surface area is 134 Å². The Bertz CT molecular complexity index is 671. The third-order valence-corrected chi connectivity index (χ3v) is 3.80. The summed E-state index contributed by atoms with van der Waals surface area (Å²) < 4.78 is 0.